The number of hydrogen-bond donors (Lipinski definition) is 3. The van der Waals surface area contributed by atoms with Gasteiger partial charge in [-0.05, 0) is 49.2 Å². The van der Waals surface area contributed by atoms with Gasteiger partial charge < -0.3 is 20.2 Å². The lowest BCUT2D eigenvalue weighted by atomic mass is 9.62. The summed E-state index contributed by atoms with van der Waals surface area (Å²) in [5, 5.41) is 29.7. The lowest BCUT2D eigenvalue weighted by Gasteiger charge is -2.42. The van der Waals surface area contributed by atoms with E-state index in [0.717, 1.165) is 25.7 Å². The number of ketones is 1. The topological polar surface area (TPSA) is 115 Å². The van der Waals surface area contributed by atoms with Crippen LogP contribution < -0.4 is 0 Å². The molecular weight excluding hydrogens is 418 g/mol. The standard InChI is InChI=1S/C23H33NO6S/c1-13-7-8-14-5-2-3-6-15(14)17(13)19(26)18-20(31-12-4-11-25)23(30)16(22(28)29)9-10-24(23)21(18)27/h7-8,13-18,20,25,30H,2-6,9-12H2,1H3,(H,28,29). The van der Waals surface area contributed by atoms with E-state index in [-0.39, 0.29) is 43.1 Å². The molecule has 31 heavy (non-hydrogen) atoms. The highest BCUT2D eigenvalue weighted by Crippen LogP contribution is 2.52. The van der Waals surface area contributed by atoms with Crippen LogP contribution >= 0.6 is 11.8 Å². The number of fused-ring (bicyclic) bond motifs is 2. The maximum atomic E-state index is 14.0. The van der Waals surface area contributed by atoms with Crippen molar-refractivity contribution in [2.75, 3.05) is 18.9 Å². The number of allylic oxidation sites excluding steroid dienone is 2. The quantitative estimate of drug-likeness (QED) is 0.308. The number of Topliss-reactive ketones (excluding diaryl/α,β-unsaturated/α-hetero) is 1. The van der Waals surface area contributed by atoms with Gasteiger partial charge in [-0.25, -0.2) is 0 Å². The minimum Gasteiger partial charge on any atom is -0.481 e. The Labute approximate surface area is 187 Å². The molecule has 0 aromatic heterocycles. The number of thioether (sulfide) groups is 1. The number of aliphatic hydroxyl groups excluding tert-OH is 1. The number of carbonyl (C=O) groups is 3. The van der Waals surface area contributed by atoms with Crippen LogP contribution in [-0.4, -0.2) is 67.8 Å². The highest BCUT2D eigenvalue weighted by molar-refractivity contribution is 8.00. The summed E-state index contributed by atoms with van der Waals surface area (Å²) in [5.74, 6) is -3.08. The summed E-state index contributed by atoms with van der Waals surface area (Å²) in [6.45, 7) is 2.14. The van der Waals surface area contributed by atoms with Crippen LogP contribution in [0.3, 0.4) is 0 Å². The molecule has 4 aliphatic rings. The Morgan fingerprint density at radius 2 is 1.97 bits per heavy atom. The van der Waals surface area contributed by atoms with Crippen molar-refractivity contribution in [3.05, 3.63) is 12.2 Å². The van der Waals surface area contributed by atoms with E-state index in [2.05, 4.69) is 12.2 Å². The smallest absolute Gasteiger partial charge is 0.311 e. The van der Waals surface area contributed by atoms with Crippen LogP contribution in [0.15, 0.2) is 12.2 Å². The SMILES string of the molecule is CC1C=CC2CCCCC2C1C(=O)C1C(=O)N2CCC(C(=O)O)C2(O)C1SCCCO. The van der Waals surface area contributed by atoms with Gasteiger partial charge in [-0.15, -0.1) is 0 Å². The minimum absolute atomic E-state index is 0.0168. The zero-order valence-electron chi connectivity index (χ0n) is 18.0. The molecule has 4 rings (SSSR count). The highest BCUT2D eigenvalue weighted by Gasteiger charge is 2.68. The van der Waals surface area contributed by atoms with Crippen LogP contribution in [0, 0.1) is 35.5 Å². The summed E-state index contributed by atoms with van der Waals surface area (Å²) in [7, 11) is 0. The number of aliphatic carboxylic acids is 1. The Hall–Kier alpha value is -1.38. The maximum absolute atomic E-state index is 14.0. The molecule has 0 aromatic rings. The lowest BCUT2D eigenvalue weighted by molar-refractivity contribution is -0.160. The third-order valence-corrected chi connectivity index (χ3v) is 9.44. The first-order valence-corrected chi connectivity index (χ1v) is 12.6. The van der Waals surface area contributed by atoms with Crippen molar-refractivity contribution < 1.29 is 29.7 Å². The van der Waals surface area contributed by atoms with E-state index in [9.17, 15) is 29.7 Å². The van der Waals surface area contributed by atoms with Gasteiger partial charge in [0.2, 0.25) is 5.91 Å². The van der Waals surface area contributed by atoms with E-state index in [1.807, 2.05) is 6.92 Å². The average molecular weight is 452 g/mol. The Bertz CT molecular complexity index is 771. The van der Waals surface area contributed by atoms with E-state index < -0.39 is 34.7 Å². The number of carbonyl (C=O) groups excluding carboxylic acids is 2. The Balaban J connectivity index is 1.68. The third kappa shape index (κ3) is 3.64. The van der Waals surface area contributed by atoms with E-state index in [0.29, 0.717) is 18.1 Å². The van der Waals surface area contributed by atoms with Gasteiger partial charge in [-0.3, -0.25) is 14.4 Å². The monoisotopic (exact) mass is 451 g/mol. The van der Waals surface area contributed by atoms with Gasteiger partial charge in [0, 0.05) is 19.1 Å². The van der Waals surface area contributed by atoms with Crippen molar-refractivity contribution in [2.24, 2.45) is 35.5 Å². The fraction of sp³-hybridized carbons (Fsp3) is 0.783. The first kappa shape index (κ1) is 22.8. The second-order valence-electron chi connectivity index (χ2n) is 9.58. The fourth-order valence-electron chi connectivity index (χ4n) is 6.47. The molecule has 0 bridgehead atoms. The third-order valence-electron chi connectivity index (χ3n) is 7.94. The Kier molecular flexibility index (Phi) is 6.52. The molecule has 172 valence electrons. The number of carboxylic acid groups (broad SMARTS) is 1. The van der Waals surface area contributed by atoms with Crippen molar-refractivity contribution in [1.82, 2.24) is 4.90 Å². The van der Waals surface area contributed by atoms with Crippen LogP contribution in [0.5, 0.6) is 0 Å². The number of aliphatic hydroxyl groups is 2. The molecule has 7 nitrogen and oxygen atoms in total. The van der Waals surface area contributed by atoms with Gasteiger partial charge in [-0.1, -0.05) is 31.9 Å². The van der Waals surface area contributed by atoms with Crippen LogP contribution in [-0.2, 0) is 14.4 Å². The normalized spacial score (nSPS) is 41.8. The molecule has 8 heteroatoms. The number of hydrogen-bond acceptors (Lipinski definition) is 6. The van der Waals surface area contributed by atoms with Crippen molar-refractivity contribution >= 4 is 29.4 Å². The van der Waals surface area contributed by atoms with Crippen molar-refractivity contribution in [1.29, 1.82) is 0 Å². The molecule has 1 saturated carbocycles. The largest absolute Gasteiger partial charge is 0.481 e. The van der Waals surface area contributed by atoms with Gasteiger partial charge in [0.05, 0.1) is 5.25 Å². The van der Waals surface area contributed by atoms with Crippen LogP contribution in [0.25, 0.3) is 0 Å². The Morgan fingerprint density at radius 1 is 1.23 bits per heavy atom. The van der Waals surface area contributed by atoms with Crippen LogP contribution in [0.2, 0.25) is 0 Å². The fourth-order valence-corrected chi connectivity index (χ4v) is 8.00. The van der Waals surface area contributed by atoms with Crippen molar-refractivity contribution in [3.8, 4) is 0 Å². The molecule has 2 heterocycles. The maximum Gasteiger partial charge on any atom is 0.311 e. The van der Waals surface area contributed by atoms with Gasteiger partial charge >= 0.3 is 5.97 Å². The van der Waals surface area contributed by atoms with Gasteiger partial charge in [0.25, 0.3) is 0 Å². The molecule has 2 aliphatic carbocycles. The number of carboxylic acids is 1. The highest BCUT2D eigenvalue weighted by atomic mass is 32.2. The van der Waals surface area contributed by atoms with E-state index in [1.54, 1.807) is 0 Å². The van der Waals surface area contributed by atoms with Crippen LogP contribution in [0.4, 0.5) is 0 Å². The predicted molar refractivity (Wildman–Crippen MR) is 116 cm³/mol. The molecular formula is C23H33NO6S. The summed E-state index contributed by atoms with van der Waals surface area (Å²) in [6.07, 6.45) is 9.21. The second kappa shape index (κ2) is 8.87. The zero-order valence-corrected chi connectivity index (χ0v) is 18.8. The molecule has 2 saturated heterocycles. The molecule has 0 aromatic carbocycles. The van der Waals surface area contributed by atoms with Gasteiger partial charge in [-0.2, -0.15) is 11.8 Å². The first-order valence-electron chi connectivity index (χ1n) is 11.5. The van der Waals surface area contributed by atoms with Gasteiger partial charge in [0.15, 0.2) is 11.5 Å². The molecule has 3 N–H and O–H groups in total. The van der Waals surface area contributed by atoms with E-state index >= 15 is 0 Å². The molecule has 3 fully saturated rings. The molecule has 8 atom stereocenters. The average Bonchev–Trinajstić information content (AvgIpc) is 3.19. The summed E-state index contributed by atoms with van der Waals surface area (Å²) in [5.41, 5.74) is -1.86. The lowest BCUT2D eigenvalue weighted by Crippen LogP contribution is -2.53. The number of rotatable bonds is 7. The summed E-state index contributed by atoms with van der Waals surface area (Å²) in [4.78, 5) is 40.6. The zero-order chi connectivity index (χ0) is 22.3. The minimum atomic E-state index is -1.86. The molecule has 2 aliphatic heterocycles. The van der Waals surface area contributed by atoms with Crippen molar-refractivity contribution in [2.45, 2.75) is 56.4 Å². The summed E-state index contributed by atoms with van der Waals surface area (Å²) >= 11 is 1.27. The summed E-state index contributed by atoms with van der Waals surface area (Å²) in [6, 6.07) is 0. The predicted octanol–water partition coefficient (Wildman–Crippen LogP) is 1.92. The van der Waals surface area contributed by atoms with Crippen molar-refractivity contribution in [3.63, 3.8) is 0 Å². The number of amides is 1. The number of nitrogens with zero attached hydrogens (tertiary/aromatic N) is 1. The van der Waals surface area contributed by atoms with Gasteiger partial charge in [0.1, 0.15) is 11.8 Å². The molecule has 1 amide bonds. The van der Waals surface area contributed by atoms with E-state index in [1.165, 1.54) is 16.7 Å². The molecule has 0 spiro atoms. The first-order chi connectivity index (χ1) is 14.8. The van der Waals surface area contributed by atoms with Crippen LogP contribution in [0.1, 0.15) is 45.4 Å². The summed E-state index contributed by atoms with van der Waals surface area (Å²) < 4.78 is 0. The van der Waals surface area contributed by atoms with E-state index in [4.69, 9.17) is 0 Å². The Morgan fingerprint density at radius 3 is 2.68 bits per heavy atom. The second-order valence-corrected chi connectivity index (χ2v) is 10.8. The molecule has 8 unspecified atom stereocenters. The molecule has 0 radical (unpaired) electrons.